The van der Waals surface area contributed by atoms with E-state index in [1.54, 1.807) is 6.20 Å². The molecule has 3 aromatic rings. The lowest BCUT2D eigenvalue weighted by molar-refractivity contribution is 0.439. The van der Waals surface area contributed by atoms with Crippen molar-refractivity contribution >= 4 is 21.3 Å². The van der Waals surface area contributed by atoms with Gasteiger partial charge in [-0.15, -0.1) is 0 Å². The molecule has 5 rings (SSSR count). The number of nitrogens with zero attached hydrogens (tertiary/aromatic N) is 6. The lowest BCUT2D eigenvalue weighted by Gasteiger charge is -2.24. The minimum Gasteiger partial charge on any atom is -0.372 e. The van der Waals surface area contributed by atoms with E-state index in [0.29, 0.717) is 18.1 Å². The summed E-state index contributed by atoms with van der Waals surface area (Å²) in [7, 11) is 0.811. The summed E-state index contributed by atoms with van der Waals surface area (Å²) >= 11 is 0. The predicted octanol–water partition coefficient (Wildman–Crippen LogP) is 3.42. The van der Waals surface area contributed by atoms with Gasteiger partial charge in [-0.2, -0.15) is 5.10 Å². The highest BCUT2D eigenvalue weighted by Crippen LogP contribution is 2.32. The average Bonchev–Trinajstić information content (AvgIpc) is 3.49. The van der Waals surface area contributed by atoms with Crippen molar-refractivity contribution < 1.29 is 8.42 Å². The van der Waals surface area contributed by atoms with E-state index in [1.165, 1.54) is 18.5 Å². The van der Waals surface area contributed by atoms with Crippen LogP contribution in [0.3, 0.4) is 0 Å². The molecule has 0 N–H and O–H groups in total. The van der Waals surface area contributed by atoms with Gasteiger partial charge < -0.3 is 9.80 Å². The lowest BCUT2D eigenvalue weighted by Crippen LogP contribution is -2.28. The second-order valence-electron chi connectivity index (χ2n) is 9.16. The SMILES string of the molecule is CN(C)c1ccc(-c2nc(-c3cccc(N4CCCC4)c3)n(C3CCCS(=O)(=O)C3)n2)cn1. The summed E-state index contributed by atoms with van der Waals surface area (Å²) in [5, 5.41) is 4.82. The van der Waals surface area contributed by atoms with Crippen LogP contribution in [0.15, 0.2) is 42.6 Å². The van der Waals surface area contributed by atoms with Gasteiger partial charge in [0.2, 0.25) is 0 Å². The number of sulfone groups is 1. The molecular formula is C24H30N6O2S. The monoisotopic (exact) mass is 466 g/mol. The van der Waals surface area contributed by atoms with Gasteiger partial charge >= 0.3 is 0 Å². The Morgan fingerprint density at radius 2 is 1.85 bits per heavy atom. The van der Waals surface area contributed by atoms with Crippen LogP contribution in [0.5, 0.6) is 0 Å². The van der Waals surface area contributed by atoms with E-state index in [9.17, 15) is 8.42 Å². The molecule has 0 saturated carbocycles. The zero-order valence-electron chi connectivity index (χ0n) is 19.2. The molecule has 2 fully saturated rings. The second kappa shape index (κ2) is 8.78. The fourth-order valence-electron chi connectivity index (χ4n) is 4.69. The van der Waals surface area contributed by atoms with Crippen LogP contribution < -0.4 is 9.80 Å². The normalized spacial score (nSPS) is 20.2. The molecule has 0 amide bonds. The Kier molecular flexibility index (Phi) is 5.82. The number of hydrogen-bond acceptors (Lipinski definition) is 7. The van der Waals surface area contributed by atoms with Crippen LogP contribution in [0, 0.1) is 0 Å². The molecule has 8 nitrogen and oxygen atoms in total. The van der Waals surface area contributed by atoms with Gasteiger partial charge in [-0.3, -0.25) is 0 Å². The summed E-state index contributed by atoms with van der Waals surface area (Å²) in [5.41, 5.74) is 2.95. The fourth-order valence-corrected chi connectivity index (χ4v) is 6.36. The van der Waals surface area contributed by atoms with Gasteiger partial charge in [0.25, 0.3) is 0 Å². The standard InChI is InChI=1S/C24H30N6O2S/c1-28(2)22-11-10-19(16-25-22)23-26-24(30(27-23)21-9-6-14-33(31,32)17-21)18-7-5-8-20(15-18)29-12-3-4-13-29/h5,7-8,10-11,15-16,21H,3-4,6,9,12-14,17H2,1-2H3. The molecule has 2 aliphatic rings. The highest BCUT2D eigenvalue weighted by Gasteiger charge is 2.30. The zero-order valence-corrected chi connectivity index (χ0v) is 20.0. The van der Waals surface area contributed by atoms with Crippen molar-refractivity contribution in [3.8, 4) is 22.8 Å². The van der Waals surface area contributed by atoms with E-state index in [1.807, 2.05) is 47.9 Å². The number of rotatable bonds is 5. The maximum absolute atomic E-state index is 12.4. The van der Waals surface area contributed by atoms with Crippen LogP contribution in [0.25, 0.3) is 22.8 Å². The third kappa shape index (κ3) is 4.59. The molecule has 1 aromatic carbocycles. The molecule has 9 heteroatoms. The number of hydrogen-bond donors (Lipinski definition) is 0. The van der Waals surface area contributed by atoms with Crippen molar-refractivity contribution in [2.75, 3.05) is 48.5 Å². The highest BCUT2D eigenvalue weighted by molar-refractivity contribution is 7.91. The van der Waals surface area contributed by atoms with Gasteiger partial charge in [-0.25, -0.2) is 23.1 Å². The van der Waals surface area contributed by atoms with E-state index in [0.717, 1.165) is 36.5 Å². The van der Waals surface area contributed by atoms with E-state index < -0.39 is 9.84 Å². The summed E-state index contributed by atoms with van der Waals surface area (Å²) in [5.74, 6) is 2.49. The van der Waals surface area contributed by atoms with Crippen LogP contribution in [0.4, 0.5) is 11.5 Å². The molecule has 2 aliphatic heterocycles. The van der Waals surface area contributed by atoms with Gasteiger partial charge in [0.05, 0.1) is 17.5 Å². The first-order valence-corrected chi connectivity index (χ1v) is 13.4. The molecule has 1 atom stereocenters. The number of aromatic nitrogens is 4. The second-order valence-corrected chi connectivity index (χ2v) is 11.4. The smallest absolute Gasteiger partial charge is 0.183 e. The highest BCUT2D eigenvalue weighted by atomic mass is 32.2. The Balaban J connectivity index is 1.57. The molecule has 1 unspecified atom stereocenters. The maximum Gasteiger partial charge on any atom is 0.183 e. The number of anilines is 2. The Labute approximate surface area is 195 Å². The van der Waals surface area contributed by atoms with Crippen molar-refractivity contribution in [1.82, 2.24) is 19.7 Å². The topological polar surface area (TPSA) is 84.2 Å². The van der Waals surface area contributed by atoms with E-state index in [4.69, 9.17) is 10.1 Å². The number of benzene rings is 1. The predicted molar refractivity (Wildman–Crippen MR) is 131 cm³/mol. The zero-order chi connectivity index (χ0) is 23.0. The summed E-state index contributed by atoms with van der Waals surface area (Å²) < 4.78 is 26.7. The summed E-state index contributed by atoms with van der Waals surface area (Å²) in [6.45, 7) is 2.12. The molecule has 174 valence electrons. The van der Waals surface area contributed by atoms with Crippen molar-refractivity contribution in [3.05, 3.63) is 42.6 Å². The van der Waals surface area contributed by atoms with Gasteiger partial charge in [-0.05, 0) is 49.9 Å². The first-order valence-electron chi connectivity index (χ1n) is 11.6. The van der Waals surface area contributed by atoms with Gasteiger partial charge in [0.15, 0.2) is 21.5 Å². The van der Waals surface area contributed by atoms with Gasteiger partial charge in [0.1, 0.15) is 5.82 Å². The minimum absolute atomic E-state index is 0.104. The largest absolute Gasteiger partial charge is 0.372 e. The fraction of sp³-hybridized carbons (Fsp3) is 0.458. The summed E-state index contributed by atoms with van der Waals surface area (Å²) in [6, 6.07) is 12.1. The molecule has 33 heavy (non-hydrogen) atoms. The van der Waals surface area contributed by atoms with Crippen molar-refractivity contribution in [2.24, 2.45) is 0 Å². The molecular weight excluding hydrogens is 436 g/mol. The molecule has 0 radical (unpaired) electrons. The maximum atomic E-state index is 12.4. The van der Waals surface area contributed by atoms with E-state index in [-0.39, 0.29) is 17.5 Å². The Morgan fingerprint density at radius 1 is 1.03 bits per heavy atom. The Hall–Kier alpha value is -2.94. The minimum atomic E-state index is -3.09. The first-order chi connectivity index (χ1) is 15.9. The van der Waals surface area contributed by atoms with Crippen molar-refractivity contribution in [1.29, 1.82) is 0 Å². The first kappa shape index (κ1) is 21.9. The Morgan fingerprint density at radius 3 is 2.55 bits per heavy atom. The van der Waals surface area contributed by atoms with Crippen LogP contribution in [0.2, 0.25) is 0 Å². The van der Waals surface area contributed by atoms with Crippen LogP contribution in [0.1, 0.15) is 31.7 Å². The Bertz CT molecular complexity index is 1230. The average molecular weight is 467 g/mol. The van der Waals surface area contributed by atoms with E-state index >= 15 is 0 Å². The summed E-state index contributed by atoms with van der Waals surface area (Å²) in [4.78, 5) is 13.7. The molecule has 0 aliphatic carbocycles. The molecule has 0 bridgehead atoms. The van der Waals surface area contributed by atoms with Gasteiger partial charge in [-0.1, -0.05) is 12.1 Å². The quantitative estimate of drug-likeness (QED) is 0.570. The third-order valence-corrected chi connectivity index (χ3v) is 8.26. The lowest BCUT2D eigenvalue weighted by atomic mass is 10.1. The number of pyridine rings is 1. The summed E-state index contributed by atoms with van der Waals surface area (Å²) in [6.07, 6.45) is 5.62. The molecule has 2 aromatic heterocycles. The van der Waals surface area contributed by atoms with E-state index in [2.05, 4.69) is 22.0 Å². The van der Waals surface area contributed by atoms with Crippen LogP contribution >= 0.6 is 0 Å². The molecule has 0 spiro atoms. The van der Waals surface area contributed by atoms with Crippen molar-refractivity contribution in [3.63, 3.8) is 0 Å². The van der Waals surface area contributed by atoms with Crippen LogP contribution in [-0.2, 0) is 9.84 Å². The van der Waals surface area contributed by atoms with Crippen LogP contribution in [-0.4, -0.2) is 66.9 Å². The molecule has 2 saturated heterocycles. The van der Waals surface area contributed by atoms with Crippen molar-refractivity contribution in [2.45, 2.75) is 31.7 Å². The van der Waals surface area contributed by atoms with Gasteiger partial charge in [0, 0.05) is 50.2 Å². The molecule has 4 heterocycles. The third-order valence-electron chi connectivity index (χ3n) is 6.46.